The van der Waals surface area contributed by atoms with E-state index in [2.05, 4.69) is 5.32 Å². The van der Waals surface area contributed by atoms with Crippen LogP contribution in [0.3, 0.4) is 0 Å². The number of para-hydroxylation sites is 1. The number of nitrogens with zero attached hydrogens (tertiary/aromatic N) is 4. The average Bonchev–Trinajstić information content (AvgIpc) is 3.16. The van der Waals surface area contributed by atoms with Crippen molar-refractivity contribution in [2.24, 2.45) is 7.05 Å². The summed E-state index contributed by atoms with van der Waals surface area (Å²) in [5.74, 6) is -0.632. The molecule has 0 saturated heterocycles. The first-order chi connectivity index (χ1) is 16.0. The first-order valence-electron chi connectivity index (χ1n) is 11.2. The Morgan fingerprint density at radius 1 is 1.12 bits per heavy atom. The lowest BCUT2D eigenvalue weighted by Crippen LogP contribution is -2.43. The van der Waals surface area contributed by atoms with Gasteiger partial charge in [-0.15, -0.1) is 0 Å². The second-order valence-electron chi connectivity index (χ2n) is 8.13. The van der Waals surface area contributed by atoms with Gasteiger partial charge >= 0.3 is 6.03 Å². The largest absolute Gasteiger partial charge is 0.338 e. The van der Waals surface area contributed by atoms with Gasteiger partial charge in [-0.25, -0.2) is 9.18 Å². The zero-order chi connectivity index (χ0) is 23.4. The van der Waals surface area contributed by atoms with Crippen LogP contribution in [-0.4, -0.2) is 39.7 Å². The maximum atomic E-state index is 13.4. The van der Waals surface area contributed by atoms with Crippen LogP contribution >= 0.6 is 0 Å². The lowest BCUT2D eigenvalue weighted by atomic mass is 10.0. The average molecular weight is 450 g/mol. The molecule has 1 aliphatic heterocycles. The van der Waals surface area contributed by atoms with Crippen LogP contribution in [0.5, 0.6) is 0 Å². The summed E-state index contributed by atoms with van der Waals surface area (Å²) in [4.78, 5) is 29.4. The van der Waals surface area contributed by atoms with Crippen molar-refractivity contribution in [3.63, 3.8) is 0 Å². The zero-order valence-corrected chi connectivity index (χ0v) is 18.9. The number of hydrogen-bond donors (Lipinski definition) is 1. The molecule has 0 saturated carbocycles. The molecule has 4 rings (SSSR count). The number of benzene rings is 2. The Morgan fingerprint density at radius 3 is 2.55 bits per heavy atom. The predicted octanol–water partition coefficient (Wildman–Crippen LogP) is 3.88. The number of amides is 3. The van der Waals surface area contributed by atoms with E-state index in [1.165, 1.54) is 24.3 Å². The Morgan fingerprint density at radius 2 is 1.85 bits per heavy atom. The van der Waals surface area contributed by atoms with Crippen LogP contribution in [0, 0.1) is 5.82 Å². The molecule has 0 radical (unpaired) electrons. The van der Waals surface area contributed by atoms with E-state index in [1.54, 1.807) is 9.80 Å². The van der Waals surface area contributed by atoms with Crippen LogP contribution in [0.4, 0.5) is 14.9 Å². The van der Waals surface area contributed by atoms with Crippen LogP contribution in [0.15, 0.2) is 54.6 Å². The highest BCUT2D eigenvalue weighted by Gasteiger charge is 2.29. The second kappa shape index (κ2) is 9.85. The van der Waals surface area contributed by atoms with Gasteiger partial charge in [-0.05, 0) is 42.8 Å². The lowest BCUT2D eigenvalue weighted by Gasteiger charge is -2.28. The Labute approximate surface area is 192 Å². The summed E-state index contributed by atoms with van der Waals surface area (Å²) in [7, 11) is 1.89. The third-order valence-electron chi connectivity index (χ3n) is 5.85. The molecule has 172 valence electrons. The van der Waals surface area contributed by atoms with Crippen molar-refractivity contribution in [2.75, 3.05) is 18.0 Å². The van der Waals surface area contributed by atoms with Crippen molar-refractivity contribution in [3.8, 4) is 0 Å². The number of rotatable bonds is 6. The van der Waals surface area contributed by atoms with Gasteiger partial charge in [0.05, 0.1) is 18.8 Å². The van der Waals surface area contributed by atoms with Crippen molar-refractivity contribution in [3.05, 3.63) is 82.9 Å². The van der Waals surface area contributed by atoms with Gasteiger partial charge in [-0.2, -0.15) is 5.10 Å². The first kappa shape index (κ1) is 22.5. The van der Waals surface area contributed by atoms with Crippen LogP contribution in [0.1, 0.15) is 40.7 Å². The van der Waals surface area contributed by atoms with E-state index in [4.69, 9.17) is 5.10 Å². The summed E-state index contributed by atoms with van der Waals surface area (Å²) in [5.41, 5.74) is 3.92. The van der Waals surface area contributed by atoms with Gasteiger partial charge in [-0.3, -0.25) is 9.48 Å². The first-order valence-corrected chi connectivity index (χ1v) is 11.2. The van der Waals surface area contributed by atoms with Gasteiger partial charge in [0.2, 0.25) is 0 Å². The van der Waals surface area contributed by atoms with Crippen molar-refractivity contribution < 1.29 is 14.0 Å². The molecule has 3 amide bonds. The number of anilines is 1. The maximum Gasteiger partial charge on any atom is 0.317 e. The highest BCUT2D eigenvalue weighted by molar-refractivity contribution is 6.06. The monoisotopic (exact) mass is 449 g/mol. The molecule has 0 spiro atoms. The highest BCUT2D eigenvalue weighted by atomic mass is 19.1. The van der Waals surface area contributed by atoms with Gasteiger partial charge < -0.3 is 15.1 Å². The summed E-state index contributed by atoms with van der Waals surface area (Å²) in [6.45, 7) is 3.97. The minimum absolute atomic E-state index is 0.0837. The number of fused-ring (bicyclic) bond motifs is 1. The SMILES string of the molecule is CCCNC(=O)N1CCc2c(c(CN(C(=O)c3ccc(F)cc3)c3ccccc3)nn2C)C1. The summed E-state index contributed by atoms with van der Waals surface area (Å²) >= 11 is 0. The van der Waals surface area contributed by atoms with E-state index in [0.717, 1.165) is 29.1 Å². The fourth-order valence-corrected chi connectivity index (χ4v) is 4.10. The third kappa shape index (κ3) is 4.89. The Hall–Kier alpha value is -3.68. The standard InChI is InChI=1S/C25H28FN5O2/c1-3-14-27-25(33)30-15-13-23-21(16-30)22(28-29(23)2)17-31(20-7-5-4-6-8-20)24(32)18-9-11-19(26)12-10-18/h4-12H,3,13-17H2,1-2H3,(H,27,33). The summed E-state index contributed by atoms with van der Waals surface area (Å²) in [6.07, 6.45) is 1.58. The number of aryl methyl sites for hydroxylation is 1. The quantitative estimate of drug-likeness (QED) is 0.621. The van der Waals surface area contributed by atoms with Crippen LogP contribution in [0.25, 0.3) is 0 Å². The topological polar surface area (TPSA) is 70.5 Å². The normalized spacial score (nSPS) is 12.9. The molecule has 1 N–H and O–H groups in total. The number of aromatic nitrogens is 2. The van der Waals surface area contributed by atoms with Gasteiger partial charge in [0.1, 0.15) is 5.82 Å². The minimum atomic E-state index is -0.391. The number of hydrogen-bond acceptors (Lipinski definition) is 3. The van der Waals surface area contributed by atoms with Crippen molar-refractivity contribution >= 4 is 17.6 Å². The smallest absolute Gasteiger partial charge is 0.317 e. The van der Waals surface area contributed by atoms with E-state index in [0.29, 0.717) is 31.6 Å². The molecule has 0 bridgehead atoms. The lowest BCUT2D eigenvalue weighted by molar-refractivity contribution is 0.0984. The molecule has 8 heteroatoms. The molecule has 0 aliphatic carbocycles. The Balaban J connectivity index is 1.64. The molecule has 1 aromatic heterocycles. The molecular weight excluding hydrogens is 421 g/mol. The summed E-state index contributed by atoms with van der Waals surface area (Å²) < 4.78 is 15.3. The molecule has 2 aromatic carbocycles. The van der Waals surface area contributed by atoms with Crippen LogP contribution < -0.4 is 10.2 Å². The number of carbonyl (C=O) groups is 2. The molecular formula is C25H28FN5O2. The Bertz CT molecular complexity index is 1130. The molecule has 0 atom stereocenters. The molecule has 1 aliphatic rings. The van der Waals surface area contributed by atoms with E-state index in [1.807, 2.05) is 49.0 Å². The van der Waals surface area contributed by atoms with E-state index in [9.17, 15) is 14.0 Å². The van der Waals surface area contributed by atoms with E-state index in [-0.39, 0.29) is 18.5 Å². The highest BCUT2D eigenvalue weighted by Crippen LogP contribution is 2.26. The van der Waals surface area contributed by atoms with Gasteiger partial charge in [0.25, 0.3) is 5.91 Å². The fourth-order valence-electron chi connectivity index (χ4n) is 4.10. The number of urea groups is 1. The predicted molar refractivity (Wildman–Crippen MR) is 124 cm³/mol. The summed E-state index contributed by atoms with van der Waals surface area (Å²) in [5, 5.41) is 7.64. The molecule has 7 nitrogen and oxygen atoms in total. The van der Waals surface area contributed by atoms with Crippen LogP contribution in [-0.2, 0) is 26.6 Å². The van der Waals surface area contributed by atoms with Gasteiger partial charge in [0.15, 0.2) is 0 Å². The molecule has 33 heavy (non-hydrogen) atoms. The van der Waals surface area contributed by atoms with Crippen LogP contribution in [0.2, 0.25) is 0 Å². The number of nitrogens with one attached hydrogen (secondary N) is 1. The minimum Gasteiger partial charge on any atom is -0.338 e. The van der Waals surface area contributed by atoms with Crippen molar-refractivity contribution in [1.29, 1.82) is 0 Å². The zero-order valence-electron chi connectivity index (χ0n) is 18.9. The van der Waals surface area contributed by atoms with E-state index < -0.39 is 5.82 Å². The maximum absolute atomic E-state index is 13.4. The van der Waals surface area contributed by atoms with E-state index >= 15 is 0 Å². The third-order valence-corrected chi connectivity index (χ3v) is 5.85. The van der Waals surface area contributed by atoms with Crippen molar-refractivity contribution in [2.45, 2.75) is 32.9 Å². The Kier molecular flexibility index (Phi) is 6.72. The molecule has 0 unspecified atom stereocenters. The number of carbonyl (C=O) groups excluding carboxylic acids is 2. The van der Waals surface area contributed by atoms with Crippen molar-refractivity contribution in [1.82, 2.24) is 20.0 Å². The second-order valence-corrected chi connectivity index (χ2v) is 8.13. The number of halogens is 1. The fraction of sp³-hybridized carbons (Fsp3) is 0.320. The molecule has 3 aromatic rings. The van der Waals surface area contributed by atoms with Gasteiger partial charge in [-0.1, -0.05) is 25.1 Å². The molecule has 0 fully saturated rings. The molecule has 2 heterocycles. The summed E-state index contributed by atoms with van der Waals surface area (Å²) in [6, 6.07) is 14.8. The van der Waals surface area contributed by atoms with Gasteiger partial charge in [0, 0.05) is 49.1 Å².